The molecule has 4 nitrogen and oxygen atoms in total. The maximum atomic E-state index is 13.6. The molecule has 1 aliphatic rings. The summed E-state index contributed by atoms with van der Waals surface area (Å²) in [6, 6.07) is 9.89. The molecule has 154 valence electrons. The van der Waals surface area contributed by atoms with Crippen LogP contribution in [0.1, 0.15) is 24.8 Å². The molecule has 1 saturated carbocycles. The lowest BCUT2D eigenvalue weighted by molar-refractivity contribution is -0.131. The normalized spacial score (nSPS) is 16.6. The van der Waals surface area contributed by atoms with Crippen molar-refractivity contribution in [3.05, 3.63) is 65.7 Å². The fourth-order valence-corrected chi connectivity index (χ4v) is 3.41. The number of nitrogens with zero attached hydrogens (tertiary/aromatic N) is 1. The van der Waals surface area contributed by atoms with E-state index in [1.165, 1.54) is 0 Å². The molecule has 1 N–H and O–H groups in total. The molecule has 29 heavy (non-hydrogen) atoms. The van der Waals surface area contributed by atoms with E-state index >= 15 is 0 Å². The predicted octanol–water partition coefficient (Wildman–Crippen LogP) is 3.84. The van der Waals surface area contributed by atoms with Crippen LogP contribution in [-0.4, -0.2) is 30.3 Å². The van der Waals surface area contributed by atoms with Crippen molar-refractivity contribution in [2.45, 2.75) is 43.7 Å². The van der Waals surface area contributed by atoms with Gasteiger partial charge < -0.3 is 10.2 Å². The molecule has 2 amide bonds. The maximum absolute atomic E-state index is 13.6. The van der Waals surface area contributed by atoms with Gasteiger partial charge in [-0.1, -0.05) is 30.3 Å². The molecule has 0 heterocycles. The number of alkyl halides is 2. The van der Waals surface area contributed by atoms with E-state index in [0.29, 0.717) is 18.9 Å². The zero-order chi connectivity index (χ0) is 21.0. The third kappa shape index (κ3) is 5.34. The van der Waals surface area contributed by atoms with Crippen molar-refractivity contribution in [1.29, 1.82) is 0 Å². The fraction of sp³-hybridized carbons (Fsp3) is 0.333. The second-order valence-electron chi connectivity index (χ2n) is 7.15. The van der Waals surface area contributed by atoms with Gasteiger partial charge in [0.05, 0.1) is 5.69 Å². The van der Waals surface area contributed by atoms with Gasteiger partial charge in [-0.2, -0.15) is 0 Å². The van der Waals surface area contributed by atoms with Gasteiger partial charge >= 0.3 is 0 Å². The molecule has 1 unspecified atom stereocenters. The molecule has 2 aromatic carbocycles. The average Bonchev–Trinajstić information content (AvgIpc) is 2.63. The van der Waals surface area contributed by atoms with E-state index in [2.05, 4.69) is 5.32 Å². The van der Waals surface area contributed by atoms with Gasteiger partial charge in [0.2, 0.25) is 12.3 Å². The SMILES string of the molecule is O=CN(c1cc(F)cc(F)c1)C(CCc1ccccc1)C(=O)NC1CC(F)(F)C1. The molecule has 0 spiro atoms. The van der Waals surface area contributed by atoms with Crippen molar-refractivity contribution < 1.29 is 27.2 Å². The summed E-state index contributed by atoms with van der Waals surface area (Å²) in [4.78, 5) is 25.4. The van der Waals surface area contributed by atoms with Crippen LogP contribution >= 0.6 is 0 Å². The summed E-state index contributed by atoms with van der Waals surface area (Å²) >= 11 is 0. The average molecular weight is 408 g/mol. The summed E-state index contributed by atoms with van der Waals surface area (Å²) in [5, 5.41) is 2.52. The van der Waals surface area contributed by atoms with Gasteiger partial charge in [-0.05, 0) is 30.5 Å². The Labute approximate surface area is 165 Å². The number of hydrogen-bond donors (Lipinski definition) is 1. The van der Waals surface area contributed by atoms with Crippen LogP contribution < -0.4 is 10.2 Å². The van der Waals surface area contributed by atoms with Crippen LogP contribution in [0.5, 0.6) is 0 Å². The molecular formula is C21H20F4N2O2. The van der Waals surface area contributed by atoms with Gasteiger partial charge in [-0.15, -0.1) is 0 Å². The Morgan fingerprint density at radius 2 is 1.76 bits per heavy atom. The minimum Gasteiger partial charge on any atom is -0.351 e. The molecular weight excluding hydrogens is 388 g/mol. The van der Waals surface area contributed by atoms with Crippen molar-refractivity contribution in [2.24, 2.45) is 0 Å². The van der Waals surface area contributed by atoms with Crippen LogP contribution in [0.25, 0.3) is 0 Å². The monoisotopic (exact) mass is 408 g/mol. The first-order valence-electron chi connectivity index (χ1n) is 9.19. The van der Waals surface area contributed by atoms with E-state index in [0.717, 1.165) is 22.6 Å². The number of carbonyl (C=O) groups excluding carboxylic acids is 2. The van der Waals surface area contributed by atoms with E-state index in [4.69, 9.17) is 0 Å². The van der Waals surface area contributed by atoms with Crippen LogP contribution in [-0.2, 0) is 16.0 Å². The number of nitrogens with one attached hydrogen (secondary N) is 1. The van der Waals surface area contributed by atoms with Crippen LogP contribution in [0.2, 0.25) is 0 Å². The van der Waals surface area contributed by atoms with Gasteiger partial charge in [-0.25, -0.2) is 17.6 Å². The molecule has 0 radical (unpaired) electrons. The summed E-state index contributed by atoms with van der Waals surface area (Å²) < 4.78 is 53.4. The van der Waals surface area contributed by atoms with Crippen LogP contribution in [0.4, 0.5) is 23.2 Å². The smallest absolute Gasteiger partial charge is 0.252 e. The largest absolute Gasteiger partial charge is 0.351 e. The number of carbonyl (C=O) groups is 2. The molecule has 1 atom stereocenters. The Balaban J connectivity index is 1.81. The number of hydrogen-bond acceptors (Lipinski definition) is 2. The van der Waals surface area contributed by atoms with Crippen LogP contribution in [0, 0.1) is 11.6 Å². The third-order valence-electron chi connectivity index (χ3n) is 4.88. The van der Waals surface area contributed by atoms with Crippen molar-refractivity contribution in [1.82, 2.24) is 5.32 Å². The van der Waals surface area contributed by atoms with Crippen molar-refractivity contribution in [3.8, 4) is 0 Å². The lowest BCUT2D eigenvalue weighted by atomic mass is 9.88. The van der Waals surface area contributed by atoms with E-state index in [1.54, 1.807) is 0 Å². The van der Waals surface area contributed by atoms with Crippen molar-refractivity contribution in [2.75, 3.05) is 4.90 Å². The van der Waals surface area contributed by atoms with Crippen LogP contribution in [0.15, 0.2) is 48.5 Å². The first kappa shape index (κ1) is 20.8. The van der Waals surface area contributed by atoms with Gasteiger partial charge in [-0.3, -0.25) is 9.59 Å². The molecule has 0 aliphatic heterocycles. The summed E-state index contributed by atoms with van der Waals surface area (Å²) in [7, 11) is 0. The number of aryl methyl sites for hydroxylation is 1. The Morgan fingerprint density at radius 1 is 1.14 bits per heavy atom. The minimum absolute atomic E-state index is 0.121. The Kier molecular flexibility index (Phi) is 6.20. The standard InChI is InChI=1S/C21H20F4N2O2/c22-15-8-16(23)10-18(9-15)27(13-28)19(7-6-14-4-2-1-3-5-14)20(29)26-17-11-21(24,25)12-17/h1-5,8-10,13,17,19H,6-7,11-12H2,(H,26,29). The number of anilines is 1. The van der Waals surface area contributed by atoms with E-state index in [9.17, 15) is 27.2 Å². The summed E-state index contributed by atoms with van der Waals surface area (Å²) in [6.45, 7) is 0. The van der Waals surface area contributed by atoms with Gasteiger partial charge in [0, 0.05) is 24.9 Å². The lowest BCUT2D eigenvalue weighted by Crippen LogP contribution is -2.56. The Hall–Kier alpha value is -2.90. The van der Waals surface area contributed by atoms with E-state index in [1.807, 2.05) is 30.3 Å². The molecule has 8 heteroatoms. The predicted molar refractivity (Wildman–Crippen MR) is 99.6 cm³/mol. The fourth-order valence-electron chi connectivity index (χ4n) is 3.41. The number of rotatable bonds is 8. The van der Waals surface area contributed by atoms with Crippen LogP contribution in [0.3, 0.4) is 0 Å². The quantitative estimate of drug-likeness (QED) is 0.533. The zero-order valence-corrected chi connectivity index (χ0v) is 15.5. The van der Waals surface area contributed by atoms with Gasteiger partial charge in [0.1, 0.15) is 17.7 Å². The van der Waals surface area contributed by atoms with Gasteiger partial charge in [0.25, 0.3) is 5.92 Å². The zero-order valence-electron chi connectivity index (χ0n) is 15.5. The Morgan fingerprint density at radius 3 is 2.31 bits per heavy atom. The van der Waals surface area contributed by atoms with Gasteiger partial charge in [0.15, 0.2) is 0 Å². The molecule has 3 rings (SSSR count). The van der Waals surface area contributed by atoms with Crippen molar-refractivity contribution in [3.63, 3.8) is 0 Å². The molecule has 0 saturated heterocycles. The maximum Gasteiger partial charge on any atom is 0.252 e. The first-order valence-corrected chi connectivity index (χ1v) is 9.19. The highest BCUT2D eigenvalue weighted by Gasteiger charge is 2.46. The minimum atomic E-state index is -2.81. The highest BCUT2D eigenvalue weighted by Crippen LogP contribution is 2.37. The molecule has 1 aliphatic carbocycles. The second kappa shape index (κ2) is 8.63. The Bertz CT molecular complexity index is 848. The second-order valence-corrected chi connectivity index (χ2v) is 7.15. The summed E-state index contributed by atoms with van der Waals surface area (Å²) in [6.07, 6.45) is -0.0732. The number of halogens is 4. The topological polar surface area (TPSA) is 49.4 Å². The van der Waals surface area contributed by atoms with Crippen molar-refractivity contribution >= 4 is 18.0 Å². The lowest BCUT2D eigenvalue weighted by Gasteiger charge is -2.37. The highest BCUT2D eigenvalue weighted by atomic mass is 19.3. The highest BCUT2D eigenvalue weighted by molar-refractivity contribution is 5.92. The number of amides is 2. The third-order valence-corrected chi connectivity index (χ3v) is 4.88. The molecule has 2 aromatic rings. The first-order chi connectivity index (χ1) is 13.8. The van der Waals surface area contributed by atoms with E-state index < -0.39 is 48.4 Å². The van der Waals surface area contributed by atoms with E-state index in [-0.39, 0.29) is 12.1 Å². The summed E-state index contributed by atoms with van der Waals surface area (Å²) in [5.41, 5.74) is 0.779. The molecule has 1 fully saturated rings. The number of benzene rings is 2. The molecule has 0 aromatic heterocycles. The molecule has 0 bridgehead atoms. The summed E-state index contributed by atoms with van der Waals surface area (Å²) in [5.74, 6) is -5.24.